The molecule has 2 atom stereocenters. The van der Waals surface area contributed by atoms with Crippen molar-refractivity contribution in [2.24, 2.45) is 10.8 Å². The highest BCUT2D eigenvalue weighted by Crippen LogP contribution is 2.52. The van der Waals surface area contributed by atoms with Gasteiger partial charge in [-0.05, 0) is 36.2 Å². The summed E-state index contributed by atoms with van der Waals surface area (Å²) in [5, 5.41) is 1.92. The van der Waals surface area contributed by atoms with Crippen LogP contribution in [0.5, 0.6) is 0 Å². The van der Waals surface area contributed by atoms with Gasteiger partial charge in [-0.1, -0.05) is 50.7 Å². The summed E-state index contributed by atoms with van der Waals surface area (Å²) in [6, 6.07) is 8.37. The Morgan fingerprint density at radius 1 is 1.24 bits per heavy atom. The molecule has 2 unspecified atom stereocenters. The maximum absolute atomic E-state index is 12.9. The van der Waals surface area contributed by atoms with E-state index in [-0.39, 0.29) is 11.3 Å². The lowest BCUT2D eigenvalue weighted by molar-refractivity contribution is -0.129. The fourth-order valence-electron chi connectivity index (χ4n) is 5.06. The third-order valence-corrected chi connectivity index (χ3v) is 6.56. The molecule has 4 rings (SSSR count). The fraction of sp³-hybridized carbons (Fsp3) is 0.550. The Balaban J connectivity index is 1.48. The highest BCUT2D eigenvalue weighted by molar-refractivity contribution is 8.00. The van der Waals surface area contributed by atoms with Crippen LogP contribution in [0.4, 0.5) is 0 Å². The van der Waals surface area contributed by atoms with E-state index >= 15 is 0 Å². The van der Waals surface area contributed by atoms with Crippen molar-refractivity contribution in [1.82, 2.24) is 14.9 Å². The van der Waals surface area contributed by atoms with Crippen molar-refractivity contribution in [3.05, 3.63) is 30.6 Å². The van der Waals surface area contributed by atoms with Crippen molar-refractivity contribution in [3.63, 3.8) is 0 Å². The Kier molecular flexibility index (Phi) is 4.02. The topological polar surface area (TPSA) is 46.1 Å². The van der Waals surface area contributed by atoms with Gasteiger partial charge in [-0.15, -0.1) is 0 Å². The third kappa shape index (κ3) is 3.26. The van der Waals surface area contributed by atoms with Crippen LogP contribution in [0.2, 0.25) is 0 Å². The molecule has 0 radical (unpaired) electrons. The van der Waals surface area contributed by atoms with E-state index in [9.17, 15) is 4.79 Å². The van der Waals surface area contributed by atoms with Gasteiger partial charge in [0, 0.05) is 18.0 Å². The van der Waals surface area contributed by atoms with Crippen LogP contribution in [-0.2, 0) is 4.79 Å². The summed E-state index contributed by atoms with van der Waals surface area (Å²) < 4.78 is 0. The van der Waals surface area contributed by atoms with Gasteiger partial charge in [-0.3, -0.25) is 4.79 Å². The summed E-state index contributed by atoms with van der Waals surface area (Å²) in [4.78, 5) is 23.7. The van der Waals surface area contributed by atoms with E-state index < -0.39 is 0 Å². The zero-order valence-corrected chi connectivity index (χ0v) is 16.0. The lowest BCUT2D eigenvalue weighted by Gasteiger charge is -2.39. The van der Waals surface area contributed by atoms with Crippen molar-refractivity contribution in [3.8, 4) is 0 Å². The van der Waals surface area contributed by atoms with Crippen LogP contribution >= 0.6 is 11.8 Å². The van der Waals surface area contributed by atoms with E-state index in [1.54, 1.807) is 6.33 Å². The molecule has 4 nitrogen and oxygen atoms in total. The Morgan fingerprint density at radius 2 is 2.04 bits per heavy atom. The van der Waals surface area contributed by atoms with Crippen LogP contribution in [-0.4, -0.2) is 39.1 Å². The number of likely N-dealkylation sites (tertiary alicyclic amines) is 1. The molecule has 1 saturated carbocycles. The van der Waals surface area contributed by atoms with Gasteiger partial charge in [-0.2, -0.15) is 0 Å². The molecule has 2 bridgehead atoms. The van der Waals surface area contributed by atoms with Crippen LogP contribution in [0.3, 0.4) is 0 Å². The van der Waals surface area contributed by atoms with Crippen LogP contribution in [0.15, 0.2) is 35.6 Å². The summed E-state index contributed by atoms with van der Waals surface area (Å²) in [6.45, 7) is 7.94. The van der Waals surface area contributed by atoms with E-state index in [1.165, 1.54) is 18.2 Å². The van der Waals surface area contributed by atoms with E-state index in [0.29, 0.717) is 17.2 Å². The summed E-state index contributed by atoms with van der Waals surface area (Å²) in [7, 11) is 0. The zero-order chi connectivity index (χ0) is 17.7. The molecule has 2 aliphatic rings. The minimum Gasteiger partial charge on any atom is -0.338 e. The first-order valence-electron chi connectivity index (χ1n) is 8.97. The number of thioether (sulfide) groups is 1. The Morgan fingerprint density at radius 3 is 2.88 bits per heavy atom. The second-order valence-electron chi connectivity index (χ2n) is 8.72. The number of carbonyl (C=O) groups excluding carboxylic acids is 1. The molecule has 1 aromatic heterocycles. The van der Waals surface area contributed by atoms with Crippen LogP contribution < -0.4 is 0 Å². The molecule has 132 valence electrons. The number of hydrogen-bond acceptors (Lipinski definition) is 4. The normalized spacial score (nSPS) is 27.6. The Bertz CT molecular complexity index is 816. The SMILES string of the molecule is CC1(C)CC2CC(C)(CN2C(=O)CSc2ncnc3ccccc23)C1. The fourth-order valence-corrected chi connectivity index (χ4v) is 5.94. The number of rotatable bonds is 3. The van der Waals surface area contributed by atoms with E-state index in [0.717, 1.165) is 35.3 Å². The smallest absolute Gasteiger partial charge is 0.233 e. The lowest BCUT2D eigenvalue weighted by atomic mass is 9.65. The van der Waals surface area contributed by atoms with Gasteiger partial charge in [0.2, 0.25) is 5.91 Å². The molecule has 0 spiro atoms. The number of aromatic nitrogens is 2. The Hall–Kier alpha value is -1.62. The van der Waals surface area contributed by atoms with E-state index in [4.69, 9.17) is 0 Å². The summed E-state index contributed by atoms with van der Waals surface area (Å²) in [5.41, 5.74) is 1.55. The van der Waals surface area contributed by atoms with Gasteiger partial charge >= 0.3 is 0 Å². The molecule has 1 aliphatic heterocycles. The van der Waals surface area contributed by atoms with E-state index in [2.05, 4.69) is 35.6 Å². The number of carbonyl (C=O) groups is 1. The van der Waals surface area contributed by atoms with Gasteiger partial charge in [0.15, 0.2) is 0 Å². The zero-order valence-electron chi connectivity index (χ0n) is 15.2. The molecule has 1 saturated heterocycles. The van der Waals surface area contributed by atoms with Crippen LogP contribution in [0.1, 0.15) is 40.0 Å². The molecule has 1 amide bonds. The van der Waals surface area contributed by atoms with Crippen molar-refractivity contribution < 1.29 is 4.79 Å². The second-order valence-corrected chi connectivity index (χ2v) is 9.68. The molecule has 2 aromatic rings. The van der Waals surface area contributed by atoms with Crippen molar-refractivity contribution >= 4 is 28.6 Å². The largest absolute Gasteiger partial charge is 0.338 e. The standard InChI is InChI=1S/C20H25N3OS/c1-19(2)8-14-9-20(3,11-19)12-23(14)17(24)10-25-18-15-6-4-5-7-16(15)21-13-22-18/h4-7,13-14H,8-12H2,1-3H3. The molecule has 0 N–H and O–H groups in total. The molecule has 1 aliphatic carbocycles. The summed E-state index contributed by atoms with van der Waals surface area (Å²) >= 11 is 1.54. The number of nitrogens with zero attached hydrogens (tertiary/aromatic N) is 3. The first-order chi connectivity index (χ1) is 11.9. The molecular weight excluding hydrogens is 330 g/mol. The van der Waals surface area contributed by atoms with Gasteiger partial charge in [0.05, 0.1) is 11.3 Å². The number of benzene rings is 1. The minimum atomic E-state index is 0.249. The third-order valence-electron chi connectivity index (χ3n) is 5.57. The van der Waals surface area contributed by atoms with Crippen molar-refractivity contribution in [2.45, 2.75) is 51.1 Å². The van der Waals surface area contributed by atoms with E-state index in [1.807, 2.05) is 24.3 Å². The number of fused-ring (bicyclic) bond motifs is 3. The number of hydrogen-bond donors (Lipinski definition) is 0. The highest BCUT2D eigenvalue weighted by Gasteiger charge is 2.50. The van der Waals surface area contributed by atoms with Gasteiger partial charge in [0.25, 0.3) is 0 Å². The van der Waals surface area contributed by atoms with Crippen LogP contribution in [0, 0.1) is 10.8 Å². The molecule has 25 heavy (non-hydrogen) atoms. The predicted octanol–water partition coefficient (Wildman–Crippen LogP) is 4.15. The van der Waals surface area contributed by atoms with Crippen LogP contribution in [0.25, 0.3) is 10.9 Å². The molecule has 1 aromatic carbocycles. The van der Waals surface area contributed by atoms with Gasteiger partial charge in [0.1, 0.15) is 11.4 Å². The predicted molar refractivity (Wildman–Crippen MR) is 102 cm³/mol. The first kappa shape index (κ1) is 16.8. The monoisotopic (exact) mass is 355 g/mol. The van der Waals surface area contributed by atoms with Gasteiger partial charge in [-0.25, -0.2) is 9.97 Å². The maximum Gasteiger partial charge on any atom is 0.233 e. The number of para-hydroxylation sites is 1. The minimum absolute atomic E-state index is 0.249. The number of amides is 1. The maximum atomic E-state index is 12.9. The highest BCUT2D eigenvalue weighted by atomic mass is 32.2. The first-order valence-corrected chi connectivity index (χ1v) is 9.96. The van der Waals surface area contributed by atoms with Crippen molar-refractivity contribution in [1.29, 1.82) is 0 Å². The molecule has 2 heterocycles. The Labute approximate surface area is 153 Å². The quantitative estimate of drug-likeness (QED) is 0.613. The second kappa shape index (κ2) is 5.97. The summed E-state index contributed by atoms with van der Waals surface area (Å²) in [6.07, 6.45) is 5.07. The van der Waals surface area contributed by atoms with Crippen molar-refractivity contribution in [2.75, 3.05) is 12.3 Å². The lowest BCUT2D eigenvalue weighted by Crippen LogP contribution is -2.38. The van der Waals surface area contributed by atoms with Gasteiger partial charge < -0.3 is 4.90 Å². The molecular formula is C20H25N3OS. The average molecular weight is 356 g/mol. The summed E-state index contributed by atoms with van der Waals surface area (Å²) in [5.74, 6) is 0.702. The molecule has 5 heteroatoms. The molecule has 2 fully saturated rings. The average Bonchev–Trinajstić information content (AvgIpc) is 2.81.